The highest BCUT2D eigenvalue weighted by atomic mass is 32.2. The average Bonchev–Trinajstić information content (AvgIpc) is 2.77. The molecule has 0 saturated carbocycles. The van der Waals surface area contributed by atoms with E-state index < -0.39 is 16.9 Å². The first-order valence-corrected chi connectivity index (χ1v) is 12.5. The van der Waals surface area contributed by atoms with Gasteiger partial charge in [0.05, 0.1) is 0 Å². The Labute approximate surface area is 186 Å². The van der Waals surface area contributed by atoms with Crippen molar-refractivity contribution < 1.29 is 19.5 Å². The van der Waals surface area contributed by atoms with E-state index in [-0.39, 0.29) is 29.4 Å². The predicted molar refractivity (Wildman–Crippen MR) is 118 cm³/mol. The monoisotopic (exact) mass is 448 g/mol. The van der Waals surface area contributed by atoms with E-state index in [1.807, 2.05) is 23.1 Å². The van der Waals surface area contributed by atoms with Crippen molar-refractivity contribution in [3.05, 3.63) is 18.2 Å². The van der Waals surface area contributed by atoms with Crippen molar-refractivity contribution in [2.24, 2.45) is 17.6 Å². The number of carboxylic acids is 1. The van der Waals surface area contributed by atoms with Crippen LogP contribution in [0.5, 0.6) is 0 Å². The first-order chi connectivity index (χ1) is 14.9. The van der Waals surface area contributed by atoms with Gasteiger partial charge in [0.1, 0.15) is 22.5 Å². The second-order valence-corrected chi connectivity index (χ2v) is 10.3. The summed E-state index contributed by atoms with van der Waals surface area (Å²) in [6.07, 6.45) is 3.96. The number of hydrogen-bond acceptors (Lipinski definition) is 6. The molecule has 2 N–H and O–H groups in total. The van der Waals surface area contributed by atoms with E-state index in [0.717, 1.165) is 42.4 Å². The number of nitrogens with two attached hydrogens (primary N) is 1. The van der Waals surface area contributed by atoms with Crippen LogP contribution >= 0.6 is 0 Å². The van der Waals surface area contributed by atoms with Crippen LogP contribution in [0.3, 0.4) is 0 Å². The van der Waals surface area contributed by atoms with Gasteiger partial charge in [-0.15, -0.1) is 0 Å². The smallest absolute Gasteiger partial charge is 0.439 e. The summed E-state index contributed by atoms with van der Waals surface area (Å²) in [5, 5.41) is 11.9. The fraction of sp³-hybridized carbons (Fsp3) is 0.636. The first-order valence-electron chi connectivity index (χ1n) is 11.1. The van der Waals surface area contributed by atoms with Crippen LogP contribution in [-0.4, -0.2) is 58.9 Å². The number of carboxylic acid groups (broad SMARTS) is 1. The van der Waals surface area contributed by atoms with Crippen molar-refractivity contribution in [1.29, 1.82) is 0 Å². The van der Waals surface area contributed by atoms with Crippen LogP contribution in [0, 0.1) is 11.8 Å². The number of aromatic nitrogens is 1. The second-order valence-electron chi connectivity index (χ2n) is 8.39. The number of piperidine rings is 2. The second kappa shape index (κ2) is 10.8. The van der Waals surface area contributed by atoms with Crippen LogP contribution in [0.25, 0.3) is 0 Å². The lowest BCUT2D eigenvalue weighted by Crippen LogP contribution is -2.44. The van der Waals surface area contributed by atoms with Gasteiger partial charge in [-0.05, 0) is 50.5 Å². The number of likely N-dealkylation sites (tertiary alicyclic amines) is 1. The summed E-state index contributed by atoms with van der Waals surface area (Å²) in [4.78, 5) is 44.6. The summed E-state index contributed by atoms with van der Waals surface area (Å²) >= 11 is 0. The summed E-state index contributed by atoms with van der Waals surface area (Å²) < 4.78 is 0. The Hall–Kier alpha value is -2.29. The Bertz CT molecular complexity index is 797. The van der Waals surface area contributed by atoms with E-state index in [2.05, 4.69) is 11.8 Å². The predicted octanol–water partition coefficient (Wildman–Crippen LogP) is 1.14. The van der Waals surface area contributed by atoms with E-state index in [1.165, 1.54) is 0 Å². The molecule has 0 bridgehead atoms. The van der Waals surface area contributed by atoms with E-state index in [9.17, 15) is 19.5 Å². The summed E-state index contributed by atoms with van der Waals surface area (Å²) in [5.41, 5.74) is 5.42. The number of aliphatic carboxylic acids is 1. The largest absolute Gasteiger partial charge is 0.550 e. The lowest BCUT2D eigenvalue weighted by molar-refractivity contribution is -0.306. The van der Waals surface area contributed by atoms with Crippen molar-refractivity contribution in [2.75, 3.05) is 36.8 Å². The van der Waals surface area contributed by atoms with Crippen LogP contribution in [0.15, 0.2) is 23.2 Å². The molecule has 0 aliphatic carbocycles. The number of amides is 2. The van der Waals surface area contributed by atoms with E-state index in [1.54, 1.807) is 0 Å². The number of nitrogens with zero attached hydrogens (tertiary/aromatic N) is 3. The number of anilines is 1. The van der Waals surface area contributed by atoms with Crippen LogP contribution in [0.4, 0.5) is 10.6 Å². The molecule has 1 aromatic heterocycles. The Morgan fingerprint density at radius 3 is 2.58 bits per heavy atom. The molecule has 31 heavy (non-hydrogen) atoms. The van der Waals surface area contributed by atoms with Gasteiger partial charge in [-0.25, -0.2) is 4.79 Å². The highest BCUT2D eigenvalue weighted by Crippen LogP contribution is 2.27. The molecule has 0 aromatic carbocycles. The number of carbonyl (C=O) groups is 3. The maximum atomic E-state index is 13.3. The third kappa shape index (κ3) is 6.12. The molecule has 2 fully saturated rings. The van der Waals surface area contributed by atoms with Gasteiger partial charge in [-0.1, -0.05) is 13.0 Å². The van der Waals surface area contributed by atoms with E-state index in [0.29, 0.717) is 32.5 Å². The standard InChI is InChI=1S/C22H32N4O4S/c1-2-13-31(22(30)25-11-8-17(9-12-25)21(23)29)19-7-3-6-18(24-19)26-10-4-5-16(15-26)14-20(27)28/h3,6-7,16-17H,2,4-5,8-15H2,1H3,(H2-,23,27,28,29)/t16-,31?/m0/s1. The maximum Gasteiger partial charge on any atom is 0.439 e. The molecule has 0 radical (unpaired) electrons. The number of hydrogen-bond donors (Lipinski definition) is 1. The molecule has 2 atom stereocenters. The maximum absolute atomic E-state index is 13.3. The van der Waals surface area contributed by atoms with Gasteiger partial charge >= 0.3 is 5.24 Å². The molecule has 0 spiro atoms. The highest BCUT2D eigenvalue weighted by Gasteiger charge is 2.39. The SMILES string of the molecule is CCC[S+](C(=O)N1CCC(C(N)=O)CC1)c1cccc(N2CCC[C@@H](CC(=O)[O-])C2)n1. The minimum absolute atomic E-state index is 0.0614. The number of rotatable bonds is 7. The minimum atomic E-state index is -1.01. The van der Waals surface area contributed by atoms with Gasteiger partial charge in [0.15, 0.2) is 0 Å². The van der Waals surface area contributed by atoms with Crippen molar-refractivity contribution in [3.8, 4) is 0 Å². The quantitative estimate of drug-likeness (QED) is 0.625. The minimum Gasteiger partial charge on any atom is -0.550 e. The van der Waals surface area contributed by atoms with Crippen molar-refractivity contribution in [2.45, 2.75) is 50.5 Å². The zero-order valence-electron chi connectivity index (χ0n) is 18.1. The van der Waals surface area contributed by atoms with Crippen LogP contribution < -0.4 is 15.7 Å². The molecule has 1 aromatic rings. The van der Waals surface area contributed by atoms with Gasteiger partial charge in [-0.3, -0.25) is 9.69 Å². The molecule has 2 aliphatic heterocycles. The molecule has 2 saturated heterocycles. The van der Waals surface area contributed by atoms with Crippen molar-refractivity contribution in [1.82, 2.24) is 9.88 Å². The van der Waals surface area contributed by atoms with E-state index >= 15 is 0 Å². The van der Waals surface area contributed by atoms with Gasteiger partial charge in [0, 0.05) is 44.1 Å². The molecule has 9 heteroatoms. The lowest BCUT2D eigenvalue weighted by atomic mass is 9.95. The molecular weight excluding hydrogens is 416 g/mol. The van der Waals surface area contributed by atoms with Crippen LogP contribution in [0.2, 0.25) is 0 Å². The fourth-order valence-electron chi connectivity index (χ4n) is 4.38. The summed E-state index contributed by atoms with van der Waals surface area (Å²) in [7, 11) is -0.656. The zero-order valence-corrected chi connectivity index (χ0v) is 18.9. The lowest BCUT2D eigenvalue weighted by Gasteiger charge is -2.33. The molecule has 2 aliphatic rings. The Balaban J connectivity index is 1.72. The van der Waals surface area contributed by atoms with Crippen molar-refractivity contribution in [3.63, 3.8) is 0 Å². The summed E-state index contributed by atoms with van der Waals surface area (Å²) in [5.74, 6) is 0.154. The van der Waals surface area contributed by atoms with Crippen LogP contribution in [-0.2, 0) is 20.5 Å². The molecule has 1 unspecified atom stereocenters. The number of primary amides is 1. The summed E-state index contributed by atoms with van der Waals surface area (Å²) in [6, 6.07) is 5.78. The molecule has 3 heterocycles. The number of pyridine rings is 1. The number of carbonyl (C=O) groups excluding carboxylic acids is 3. The fourth-order valence-corrected chi connectivity index (χ4v) is 6.29. The zero-order chi connectivity index (χ0) is 22.4. The molecule has 3 rings (SSSR count). The van der Waals surface area contributed by atoms with Gasteiger partial charge in [0.2, 0.25) is 5.91 Å². The Morgan fingerprint density at radius 1 is 1.19 bits per heavy atom. The van der Waals surface area contributed by atoms with E-state index in [4.69, 9.17) is 10.7 Å². The van der Waals surface area contributed by atoms with Gasteiger partial charge in [-0.2, -0.15) is 4.98 Å². The molecule has 170 valence electrons. The van der Waals surface area contributed by atoms with Crippen LogP contribution in [0.1, 0.15) is 45.4 Å². The van der Waals surface area contributed by atoms with Gasteiger partial charge in [0.25, 0.3) is 5.03 Å². The third-order valence-corrected chi connectivity index (χ3v) is 8.26. The Kier molecular flexibility index (Phi) is 8.17. The third-order valence-electron chi connectivity index (χ3n) is 6.03. The van der Waals surface area contributed by atoms with Gasteiger partial charge < -0.3 is 20.5 Å². The normalized spacial score (nSPS) is 21.0. The molecule has 2 amide bonds. The Morgan fingerprint density at radius 2 is 1.94 bits per heavy atom. The molecule has 8 nitrogen and oxygen atoms in total. The molecular formula is C22H32N4O4S. The average molecular weight is 449 g/mol. The first kappa shape index (κ1) is 23.4. The topological polar surface area (TPSA) is 120 Å². The summed E-state index contributed by atoms with van der Waals surface area (Å²) in [6.45, 7) is 4.63. The highest BCUT2D eigenvalue weighted by molar-refractivity contribution is 8.10. The van der Waals surface area contributed by atoms with Crippen molar-refractivity contribution >= 4 is 33.8 Å².